The van der Waals surface area contributed by atoms with E-state index >= 15 is 0 Å². The molecule has 4 atom stereocenters. The van der Waals surface area contributed by atoms with Gasteiger partial charge < -0.3 is 0 Å². The fraction of sp³-hybridized carbons (Fsp3) is 0.688. The van der Waals surface area contributed by atoms with Gasteiger partial charge in [-0.25, -0.2) is 0 Å². The molecule has 0 bridgehead atoms. The van der Waals surface area contributed by atoms with Crippen LogP contribution in [0, 0.1) is 86.2 Å². The van der Waals surface area contributed by atoms with Gasteiger partial charge in [0.25, 0.3) is 0 Å². The molecule has 0 aromatic heterocycles. The predicted octanol–water partition coefficient (Wildman–Crippen LogP) is 3.29. The summed E-state index contributed by atoms with van der Waals surface area (Å²) in [5, 5.41) is 45.0. The molecule has 0 aliphatic carbocycles. The Kier molecular flexibility index (Phi) is 9.02. The largest absolute Gasteiger partial charge is 0.198 e. The van der Waals surface area contributed by atoms with Crippen molar-refractivity contribution in [1.82, 2.24) is 0 Å². The maximum Gasteiger partial charge on any atom is 0.0656 e. The van der Waals surface area contributed by atoms with Crippen LogP contribution in [0.2, 0.25) is 0 Å². The van der Waals surface area contributed by atoms with E-state index in [1.807, 2.05) is 0 Å². The monoisotopic (exact) mass is 281 g/mol. The van der Waals surface area contributed by atoms with Crippen LogP contribution < -0.4 is 0 Å². The molecule has 21 heavy (non-hydrogen) atoms. The average molecular weight is 281 g/mol. The van der Waals surface area contributed by atoms with Crippen LogP contribution in [-0.2, 0) is 0 Å². The summed E-state index contributed by atoms with van der Waals surface area (Å²) in [6, 6.07) is 10.6. The molecule has 0 rings (SSSR count). The molecule has 5 heteroatoms. The summed E-state index contributed by atoms with van der Waals surface area (Å²) in [5.41, 5.74) is 0. The van der Waals surface area contributed by atoms with Crippen LogP contribution in [0.15, 0.2) is 0 Å². The highest BCUT2D eigenvalue weighted by molar-refractivity contribution is 4.98. The van der Waals surface area contributed by atoms with Gasteiger partial charge in [0.15, 0.2) is 0 Å². The molecule has 0 aliphatic heterocycles. The van der Waals surface area contributed by atoms with Crippen molar-refractivity contribution < 1.29 is 0 Å². The molecule has 0 radical (unpaired) electrons. The second-order valence-electron chi connectivity index (χ2n) is 5.48. The van der Waals surface area contributed by atoms with Gasteiger partial charge in [0.2, 0.25) is 0 Å². The summed E-state index contributed by atoms with van der Waals surface area (Å²) < 4.78 is 0. The fourth-order valence-corrected chi connectivity index (χ4v) is 2.25. The number of rotatable bonds is 8. The predicted molar refractivity (Wildman–Crippen MR) is 75.3 cm³/mol. The summed E-state index contributed by atoms with van der Waals surface area (Å²) in [6.07, 6.45) is 1.63. The van der Waals surface area contributed by atoms with E-state index in [2.05, 4.69) is 30.3 Å². The van der Waals surface area contributed by atoms with Crippen molar-refractivity contribution in [2.45, 2.75) is 39.5 Å². The second kappa shape index (κ2) is 10.3. The molecule has 5 nitrogen and oxygen atoms in total. The molecule has 0 saturated heterocycles. The zero-order chi connectivity index (χ0) is 16.3. The Morgan fingerprint density at radius 2 is 0.810 bits per heavy atom. The van der Waals surface area contributed by atoms with Crippen LogP contribution in [0.1, 0.15) is 39.5 Å². The number of nitrogens with zero attached hydrogens (tertiary/aromatic N) is 5. The minimum absolute atomic E-state index is 0.223. The lowest BCUT2D eigenvalue weighted by atomic mass is 9.83. The van der Waals surface area contributed by atoms with E-state index in [0.717, 1.165) is 0 Å². The maximum atomic E-state index is 9.20. The Balaban J connectivity index is 4.62. The van der Waals surface area contributed by atoms with Crippen LogP contribution in [0.3, 0.4) is 0 Å². The Morgan fingerprint density at radius 1 is 0.524 bits per heavy atom. The molecule has 0 N–H and O–H groups in total. The molecule has 0 amide bonds. The molecule has 4 unspecified atom stereocenters. The molecule has 0 saturated carbocycles. The fourth-order valence-electron chi connectivity index (χ4n) is 2.25. The first-order chi connectivity index (χ1) is 10.00. The van der Waals surface area contributed by atoms with Crippen LogP contribution in [0.4, 0.5) is 0 Å². The van der Waals surface area contributed by atoms with E-state index in [1.54, 1.807) is 13.8 Å². The maximum absolute atomic E-state index is 9.20. The summed E-state index contributed by atoms with van der Waals surface area (Å²) in [6.45, 7) is 3.50. The smallest absolute Gasteiger partial charge is 0.0656 e. The van der Waals surface area contributed by atoms with Crippen molar-refractivity contribution in [2.75, 3.05) is 0 Å². The number of nitriles is 5. The minimum atomic E-state index is -0.393. The molecule has 0 aromatic rings. The van der Waals surface area contributed by atoms with Crippen molar-refractivity contribution in [3.05, 3.63) is 0 Å². The highest BCUT2D eigenvalue weighted by atomic mass is 14.4. The van der Waals surface area contributed by atoms with Gasteiger partial charge in [-0.2, -0.15) is 26.3 Å². The van der Waals surface area contributed by atoms with Gasteiger partial charge in [-0.3, -0.25) is 0 Å². The number of hydrogen-bond acceptors (Lipinski definition) is 5. The van der Waals surface area contributed by atoms with Crippen LogP contribution in [-0.4, -0.2) is 0 Å². The van der Waals surface area contributed by atoms with Crippen molar-refractivity contribution in [2.24, 2.45) is 29.6 Å². The van der Waals surface area contributed by atoms with E-state index in [1.165, 1.54) is 0 Å². The topological polar surface area (TPSA) is 119 Å². The molecule has 0 heterocycles. The highest BCUT2D eigenvalue weighted by Crippen LogP contribution is 2.26. The normalized spacial score (nSPS) is 16.6. The van der Waals surface area contributed by atoms with Gasteiger partial charge in [0.05, 0.1) is 30.3 Å². The third-order valence-electron chi connectivity index (χ3n) is 3.40. The third-order valence-corrected chi connectivity index (χ3v) is 3.40. The molecule has 0 fully saturated rings. The van der Waals surface area contributed by atoms with Crippen LogP contribution in [0.25, 0.3) is 0 Å². The van der Waals surface area contributed by atoms with Crippen molar-refractivity contribution in [3.8, 4) is 30.3 Å². The van der Waals surface area contributed by atoms with Crippen molar-refractivity contribution in [3.63, 3.8) is 0 Å². The first-order valence-electron chi connectivity index (χ1n) is 6.98. The summed E-state index contributed by atoms with van der Waals surface area (Å²) in [5.74, 6) is -1.54. The average Bonchev–Trinajstić information content (AvgIpc) is 2.51. The van der Waals surface area contributed by atoms with Crippen molar-refractivity contribution >= 4 is 0 Å². The quantitative estimate of drug-likeness (QED) is 0.676. The zero-order valence-electron chi connectivity index (χ0n) is 12.5. The molecular formula is C16H19N5. The molecule has 0 aliphatic rings. The van der Waals surface area contributed by atoms with Crippen molar-refractivity contribution in [1.29, 1.82) is 26.3 Å². The second-order valence-corrected chi connectivity index (χ2v) is 5.48. The number of hydrogen-bond donors (Lipinski definition) is 0. The zero-order valence-corrected chi connectivity index (χ0v) is 12.5. The summed E-state index contributed by atoms with van der Waals surface area (Å²) in [7, 11) is 0. The highest BCUT2D eigenvalue weighted by Gasteiger charge is 2.23. The van der Waals surface area contributed by atoms with Gasteiger partial charge in [0, 0.05) is 29.6 Å². The Labute approximate surface area is 126 Å². The van der Waals surface area contributed by atoms with Gasteiger partial charge in [-0.05, 0) is 39.5 Å². The van der Waals surface area contributed by atoms with Crippen LogP contribution in [0.5, 0.6) is 0 Å². The first-order valence-corrected chi connectivity index (χ1v) is 6.98. The molecule has 0 spiro atoms. The summed E-state index contributed by atoms with van der Waals surface area (Å²) >= 11 is 0. The lowest BCUT2D eigenvalue weighted by Gasteiger charge is -2.17. The SMILES string of the molecule is CC(C#N)CC(C#N)CC(C#N)CC(C#N)CC(C)C#N. The summed E-state index contributed by atoms with van der Waals surface area (Å²) in [4.78, 5) is 0. The van der Waals surface area contributed by atoms with Crippen LogP contribution >= 0.6 is 0 Å². The van der Waals surface area contributed by atoms with Gasteiger partial charge >= 0.3 is 0 Å². The third kappa shape index (κ3) is 7.57. The Bertz CT molecular complexity index is 477. The van der Waals surface area contributed by atoms with Gasteiger partial charge in [-0.1, -0.05) is 0 Å². The van der Waals surface area contributed by atoms with E-state index in [0.29, 0.717) is 25.7 Å². The Morgan fingerprint density at radius 3 is 1.05 bits per heavy atom. The Hall–Kier alpha value is -2.55. The lowest BCUT2D eigenvalue weighted by Crippen LogP contribution is -2.14. The van der Waals surface area contributed by atoms with E-state index in [9.17, 15) is 5.26 Å². The van der Waals surface area contributed by atoms with E-state index in [-0.39, 0.29) is 23.7 Å². The molecule has 108 valence electrons. The van der Waals surface area contributed by atoms with E-state index < -0.39 is 5.92 Å². The minimum Gasteiger partial charge on any atom is -0.198 e. The van der Waals surface area contributed by atoms with E-state index in [4.69, 9.17) is 21.0 Å². The van der Waals surface area contributed by atoms with Gasteiger partial charge in [0.1, 0.15) is 0 Å². The lowest BCUT2D eigenvalue weighted by molar-refractivity contribution is 0.375. The van der Waals surface area contributed by atoms with Gasteiger partial charge in [-0.15, -0.1) is 0 Å². The molecular weight excluding hydrogens is 262 g/mol. The molecule has 0 aromatic carbocycles. The first kappa shape index (κ1) is 18.4. The standard InChI is InChI=1S/C16H19N5/c1-12(7-17)3-14(9-19)5-16(11-21)6-15(10-20)4-13(2)8-18/h12-16H,3-6H2,1-2H3.